The molecule has 2 heteroatoms. The normalized spacial score (nSPS) is 16.8. The first-order chi connectivity index (χ1) is 16.6. The summed E-state index contributed by atoms with van der Waals surface area (Å²) in [5.74, 6) is 0.420. The summed E-state index contributed by atoms with van der Waals surface area (Å²) < 4.78 is 0. The molecule has 1 spiro atoms. The molecule has 1 saturated carbocycles. The van der Waals surface area contributed by atoms with Gasteiger partial charge in [0.1, 0.15) is 5.75 Å². The molecule has 0 amide bonds. The minimum atomic E-state index is 0.0349. The number of hydrogen-bond donors (Lipinski definition) is 1. The van der Waals surface area contributed by atoms with E-state index in [1.54, 1.807) is 11.8 Å². The van der Waals surface area contributed by atoms with Crippen molar-refractivity contribution in [3.8, 4) is 28.0 Å². The van der Waals surface area contributed by atoms with Gasteiger partial charge < -0.3 is 5.11 Å². The molecular weight excluding hydrogens is 432 g/mol. The van der Waals surface area contributed by atoms with Crippen molar-refractivity contribution >= 4 is 22.5 Å². The lowest BCUT2D eigenvalue weighted by Gasteiger charge is -2.34. The molecule has 1 fully saturated rings. The van der Waals surface area contributed by atoms with Gasteiger partial charge in [0.25, 0.3) is 0 Å². The van der Waals surface area contributed by atoms with E-state index >= 15 is 0 Å². The van der Waals surface area contributed by atoms with Crippen LogP contribution in [0.25, 0.3) is 33.0 Å². The molecule has 0 radical (unpaired) electrons. The van der Waals surface area contributed by atoms with Gasteiger partial charge in [-0.05, 0) is 83.0 Å². The van der Waals surface area contributed by atoms with Crippen LogP contribution in [0.4, 0.5) is 0 Å². The van der Waals surface area contributed by atoms with E-state index in [9.17, 15) is 5.11 Å². The zero-order valence-electron chi connectivity index (χ0n) is 20.2. The van der Waals surface area contributed by atoms with Crippen LogP contribution in [-0.4, -0.2) is 11.4 Å². The van der Waals surface area contributed by atoms with E-state index in [4.69, 9.17) is 0 Å². The molecule has 0 saturated heterocycles. The third kappa shape index (κ3) is 3.30. The van der Waals surface area contributed by atoms with Gasteiger partial charge in [-0.1, -0.05) is 86.2 Å². The van der Waals surface area contributed by atoms with Crippen LogP contribution in [-0.2, 0) is 5.41 Å². The Labute approximate surface area is 207 Å². The van der Waals surface area contributed by atoms with Gasteiger partial charge in [0, 0.05) is 15.7 Å². The Morgan fingerprint density at radius 2 is 1.44 bits per heavy atom. The maximum atomic E-state index is 11.4. The molecule has 4 aromatic carbocycles. The Morgan fingerprint density at radius 1 is 0.735 bits per heavy atom. The second-order valence-corrected chi connectivity index (χ2v) is 11.0. The van der Waals surface area contributed by atoms with Gasteiger partial charge in [-0.3, -0.25) is 0 Å². The molecule has 0 bridgehead atoms. The summed E-state index contributed by atoms with van der Waals surface area (Å²) >= 11 is 1.79. The summed E-state index contributed by atoms with van der Waals surface area (Å²) in [5, 5.41) is 13.6. The van der Waals surface area contributed by atoms with Crippen LogP contribution in [0.3, 0.4) is 0 Å². The first-order valence-electron chi connectivity index (χ1n) is 12.7. The van der Waals surface area contributed by atoms with Crippen molar-refractivity contribution in [1.29, 1.82) is 0 Å². The van der Waals surface area contributed by atoms with Crippen LogP contribution in [0.15, 0.2) is 71.6 Å². The third-order valence-corrected chi connectivity index (χ3v) is 9.01. The molecule has 2 aliphatic carbocycles. The van der Waals surface area contributed by atoms with E-state index in [0.29, 0.717) is 5.75 Å². The Kier molecular flexibility index (Phi) is 5.45. The van der Waals surface area contributed by atoms with Crippen LogP contribution >= 0.6 is 11.8 Å². The zero-order chi connectivity index (χ0) is 23.3. The number of aryl methyl sites for hydroxylation is 1. The van der Waals surface area contributed by atoms with E-state index in [-0.39, 0.29) is 5.41 Å². The third-order valence-electron chi connectivity index (χ3n) is 8.23. The number of rotatable bonds is 2. The number of fused-ring (bicyclic) bond motifs is 7. The second-order valence-electron chi connectivity index (χ2n) is 10.2. The zero-order valence-corrected chi connectivity index (χ0v) is 21.0. The fraction of sp³-hybridized carbons (Fsp3) is 0.312. The molecule has 1 nitrogen and oxygen atoms in total. The molecule has 1 N–H and O–H groups in total. The lowest BCUT2D eigenvalue weighted by Crippen LogP contribution is -2.26. The molecule has 0 heterocycles. The second kappa shape index (κ2) is 8.50. The predicted octanol–water partition coefficient (Wildman–Crippen LogP) is 9.25. The lowest BCUT2D eigenvalue weighted by molar-refractivity contribution is 0.372. The monoisotopic (exact) mass is 464 g/mol. The number of aromatic hydroxyl groups is 1. The van der Waals surface area contributed by atoms with E-state index in [1.807, 2.05) is 0 Å². The van der Waals surface area contributed by atoms with Crippen LogP contribution in [0.1, 0.15) is 61.6 Å². The first kappa shape index (κ1) is 21.8. The summed E-state index contributed by atoms with van der Waals surface area (Å²) in [6.45, 7) is 2.12. The highest BCUT2D eigenvalue weighted by atomic mass is 32.2. The number of hydrogen-bond acceptors (Lipinski definition) is 2. The average Bonchev–Trinajstić information content (AvgIpc) is 3.11. The molecule has 4 aromatic rings. The van der Waals surface area contributed by atoms with Crippen LogP contribution in [0.5, 0.6) is 5.75 Å². The number of benzene rings is 4. The van der Waals surface area contributed by atoms with Gasteiger partial charge in [-0.2, -0.15) is 0 Å². The van der Waals surface area contributed by atoms with Crippen molar-refractivity contribution in [2.45, 2.75) is 62.2 Å². The SMILES string of the molecule is CSc1cc2c3c(cc(O)c2cc1-c1ccc(C)cc1)C1(CCCCCCC1)c1ccccc1-3. The van der Waals surface area contributed by atoms with Crippen molar-refractivity contribution in [3.63, 3.8) is 0 Å². The quantitative estimate of drug-likeness (QED) is 0.298. The Bertz CT molecular complexity index is 1370. The first-order valence-corrected chi connectivity index (χ1v) is 13.9. The minimum Gasteiger partial charge on any atom is -0.507 e. The molecule has 0 aromatic heterocycles. The smallest absolute Gasteiger partial charge is 0.123 e. The molecule has 34 heavy (non-hydrogen) atoms. The number of thioether (sulfide) groups is 1. The number of phenolic OH excluding ortho intramolecular Hbond substituents is 1. The van der Waals surface area contributed by atoms with Crippen molar-refractivity contribution in [2.24, 2.45) is 0 Å². The van der Waals surface area contributed by atoms with E-state index in [0.717, 1.165) is 5.39 Å². The van der Waals surface area contributed by atoms with E-state index in [1.165, 1.54) is 94.2 Å². The predicted molar refractivity (Wildman–Crippen MR) is 146 cm³/mol. The molecule has 0 aliphatic heterocycles. The highest BCUT2D eigenvalue weighted by Crippen LogP contribution is 2.58. The highest BCUT2D eigenvalue weighted by Gasteiger charge is 2.43. The summed E-state index contributed by atoms with van der Waals surface area (Å²) in [6.07, 6.45) is 11.0. The van der Waals surface area contributed by atoms with Crippen molar-refractivity contribution in [2.75, 3.05) is 6.26 Å². The van der Waals surface area contributed by atoms with Gasteiger partial charge in [0.2, 0.25) is 0 Å². The van der Waals surface area contributed by atoms with Gasteiger partial charge >= 0.3 is 0 Å². The summed E-state index contributed by atoms with van der Waals surface area (Å²) in [5.41, 5.74) is 9.26. The summed E-state index contributed by atoms with van der Waals surface area (Å²) in [7, 11) is 0. The Morgan fingerprint density at radius 3 is 2.18 bits per heavy atom. The molecular formula is C32H32OS. The van der Waals surface area contributed by atoms with Gasteiger partial charge in [-0.25, -0.2) is 0 Å². The average molecular weight is 465 g/mol. The fourth-order valence-corrected chi connectivity index (χ4v) is 7.17. The molecule has 0 atom stereocenters. The van der Waals surface area contributed by atoms with Crippen molar-refractivity contribution in [3.05, 3.63) is 83.4 Å². The Balaban J connectivity index is 1.64. The molecule has 2 aliphatic rings. The summed E-state index contributed by atoms with van der Waals surface area (Å²) in [6, 6.07) is 24.5. The summed E-state index contributed by atoms with van der Waals surface area (Å²) in [4.78, 5) is 1.26. The molecule has 172 valence electrons. The minimum absolute atomic E-state index is 0.0349. The fourth-order valence-electron chi connectivity index (χ4n) is 6.54. The van der Waals surface area contributed by atoms with Crippen molar-refractivity contribution in [1.82, 2.24) is 0 Å². The van der Waals surface area contributed by atoms with E-state index in [2.05, 4.69) is 79.9 Å². The van der Waals surface area contributed by atoms with Gasteiger partial charge in [0.15, 0.2) is 0 Å². The molecule has 6 rings (SSSR count). The van der Waals surface area contributed by atoms with E-state index < -0.39 is 0 Å². The highest BCUT2D eigenvalue weighted by molar-refractivity contribution is 7.98. The van der Waals surface area contributed by atoms with Gasteiger partial charge in [0.05, 0.1) is 0 Å². The van der Waals surface area contributed by atoms with Gasteiger partial charge in [-0.15, -0.1) is 11.8 Å². The topological polar surface area (TPSA) is 20.2 Å². The Hall–Kier alpha value is -2.71. The number of phenols is 1. The standard InChI is InChI=1S/C32H32OS/c1-21-12-14-22(15-13-21)24-18-25-26(19-30(24)34-2)31-23-10-6-7-11-27(23)32(28(31)20-29(25)33)16-8-4-3-5-9-17-32/h6-7,10-15,18-20,33H,3-5,8-9,16-17H2,1-2H3. The maximum absolute atomic E-state index is 11.4. The van der Waals surface area contributed by atoms with Crippen LogP contribution < -0.4 is 0 Å². The maximum Gasteiger partial charge on any atom is 0.123 e. The lowest BCUT2D eigenvalue weighted by atomic mass is 9.69. The van der Waals surface area contributed by atoms with Crippen LogP contribution in [0.2, 0.25) is 0 Å². The van der Waals surface area contributed by atoms with Crippen LogP contribution in [0, 0.1) is 6.92 Å². The molecule has 0 unspecified atom stereocenters. The van der Waals surface area contributed by atoms with Crippen molar-refractivity contribution < 1.29 is 5.11 Å². The largest absolute Gasteiger partial charge is 0.507 e.